The molecule has 1 aromatic heterocycles. The Kier molecular flexibility index (Phi) is 3.52. The number of hydrogen-bond donors (Lipinski definition) is 1. The summed E-state index contributed by atoms with van der Waals surface area (Å²) in [5, 5.41) is 8.78. The molecule has 0 bridgehead atoms. The van der Waals surface area contributed by atoms with Crippen LogP contribution in [0, 0.1) is 0 Å². The number of allylic oxidation sites excluding steroid dienone is 2. The van der Waals surface area contributed by atoms with E-state index in [1.54, 1.807) is 11.8 Å². The maximum absolute atomic E-state index is 6.49. The topological polar surface area (TPSA) is 42.7 Å². The van der Waals surface area contributed by atoms with Gasteiger partial charge in [-0.3, -0.25) is 0 Å². The third-order valence-electron chi connectivity index (χ3n) is 3.55. The van der Waals surface area contributed by atoms with E-state index in [1.807, 2.05) is 10.9 Å². The molecule has 4 nitrogen and oxygen atoms in total. The van der Waals surface area contributed by atoms with Crippen molar-refractivity contribution in [2.45, 2.75) is 49.2 Å². The number of aromatic nitrogens is 3. The van der Waals surface area contributed by atoms with Crippen molar-refractivity contribution in [3.8, 4) is 0 Å². The smallest absolute Gasteiger partial charge is 0.226 e. The minimum absolute atomic E-state index is 0.100. The first-order valence-electron chi connectivity index (χ1n) is 6.40. The Morgan fingerprint density at radius 3 is 3.11 bits per heavy atom. The molecule has 0 fully saturated rings. The molecule has 1 atom stereocenters. The van der Waals surface area contributed by atoms with Gasteiger partial charge in [0.1, 0.15) is 0 Å². The lowest BCUT2D eigenvalue weighted by Crippen LogP contribution is -2.25. The van der Waals surface area contributed by atoms with Gasteiger partial charge in [0.2, 0.25) is 11.1 Å². The van der Waals surface area contributed by atoms with E-state index in [4.69, 9.17) is 11.6 Å². The van der Waals surface area contributed by atoms with Gasteiger partial charge in [0.25, 0.3) is 0 Å². The Balaban J connectivity index is 1.91. The fraction of sp³-hybridized carbons (Fsp3) is 0.667. The third kappa shape index (κ3) is 2.26. The van der Waals surface area contributed by atoms with Gasteiger partial charge in [-0.1, -0.05) is 24.6 Å². The zero-order chi connectivity index (χ0) is 12.5. The molecule has 0 radical (unpaired) electrons. The molecule has 1 aliphatic heterocycles. The highest BCUT2D eigenvalue weighted by molar-refractivity contribution is 7.98. The van der Waals surface area contributed by atoms with Crippen LogP contribution in [0.2, 0.25) is 0 Å². The lowest BCUT2D eigenvalue weighted by Gasteiger charge is -2.27. The van der Waals surface area contributed by atoms with Gasteiger partial charge in [-0.05, 0) is 31.1 Å². The second kappa shape index (κ2) is 5.13. The number of thioether (sulfide) groups is 1. The number of alkyl halides is 1. The van der Waals surface area contributed by atoms with E-state index in [1.165, 1.54) is 30.5 Å². The quantitative estimate of drug-likeness (QED) is 0.635. The maximum Gasteiger partial charge on any atom is 0.226 e. The van der Waals surface area contributed by atoms with Gasteiger partial charge < -0.3 is 5.32 Å². The van der Waals surface area contributed by atoms with Crippen LogP contribution < -0.4 is 5.32 Å². The highest BCUT2D eigenvalue weighted by atomic mass is 35.5. The Morgan fingerprint density at radius 1 is 1.39 bits per heavy atom. The van der Waals surface area contributed by atoms with Crippen molar-refractivity contribution in [1.29, 1.82) is 0 Å². The van der Waals surface area contributed by atoms with Gasteiger partial charge in [0.05, 0.1) is 11.9 Å². The molecule has 1 N–H and O–H groups in total. The van der Waals surface area contributed by atoms with E-state index in [0.29, 0.717) is 0 Å². The molecular weight excluding hydrogens is 268 g/mol. The highest BCUT2D eigenvalue weighted by Crippen LogP contribution is 2.32. The maximum atomic E-state index is 6.49. The Labute approximate surface area is 116 Å². The molecule has 2 heterocycles. The van der Waals surface area contributed by atoms with E-state index in [-0.39, 0.29) is 5.38 Å². The van der Waals surface area contributed by atoms with Crippen molar-refractivity contribution in [2.24, 2.45) is 0 Å². The van der Waals surface area contributed by atoms with Crippen LogP contribution in [-0.2, 0) is 6.54 Å². The number of halogens is 1. The van der Waals surface area contributed by atoms with Crippen LogP contribution >= 0.6 is 23.4 Å². The third-order valence-corrected chi connectivity index (χ3v) is 4.53. The summed E-state index contributed by atoms with van der Waals surface area (Å²) in [7, 11) is 0. The Hall–Kier alpha value is -0.680. The summed E-state index contributed by atoms with van der Waals surface area (Å²) in [6.07, 6.45) is 7.92. The van der Waals surface area contributed by atoms with Crippen molar-refractivity contribution in [3.63, 3.8) is 0 Å². The van der Waals surface area contributed by atoms with E-state index in [0.717, 1.165) is 30.5 Å². The van der Waals surface area contributed by atoms with Crippen molar-refractivity contribution < 1.29 is 0 Å². The molecule has 6 heteroatoms. The van der Waals surface area contributed by atoms with Gasteiger partial charge >= 0.3 is 0 Å². The predicted octanol–water partition coefficient (Wildman–Crippen LogP) is 3.25. The number of nitrogens with zero attached hydrogens (tertiary/aromatic N) is 3. The standard InChI is InChI=1S/C12H17ClN4S/c1-18-12-15-11-14-10-8(7-17(11)16-12)5-3-2-4-6-9(10)13/h9H,2-7H2,1H3,(H,14,15,16). The molecule has 0 amide bonds. The average molecular weight is 285 g/mol. The monoisotopic (exact) mass is 284 g/mol. The molecule has 3 rings (SSSR count). The summed E-state index contributed by atoms with van der Waals surface area (Å²) in [6.45, 7) is 0.842. The SMILES string of the molecule is CSc1nc2n(n1)CC1=C(N2)C(Cl)CCCCC1. The zero-order valence-corrected chi connectivity index (χ0v) is 12.0. The summed E-state index contributed by atoms with van der Waals surface area (Å²) >= 11 is 8.06. The summed E-state index contributed by atoms with van der Waals surface area (Å²) in [6, 6.07) is 0. The van der Waals surface area contributed by atoms with E-state index < -0.39 is 0 Å². The van der Waals surface area contributed by atoms with Gasteiger partial charge in [-0.15, -0.1) is 16.7 Å². The first-order chi connectivity index (χ1) is 8.78. The van der Waals surface area contributed by atoms with Crippen LogP contribution in [-0.4, -0.2) is 26.4 Å². The van der Waals surface area contributed by atoms with Crippen LogP contribution in [0.1, 0.15) is 32.1 Å². The number of anilines is 1. The molecule has 2 aliphatic rings. The highest BCUT2D eigenvalue weighted by Gasteiger charge is 2.25. The van der Waals surface area contributed by atoms with Gasteiger partial charge in [-0.25, -0.2) is 4.68 Å². The lowest BCUT2D eigenvalue weighted by atomic mass is 9.96. The van der Waals surface area contributed by atoms with E-state index in [2.05, 4.69) is 15.4 Å². The fourth-order valence-electron chi connectivity index (χ4n) is 2.58. The zero-order valence-electron chi connectivity index (χ0n) is 10.4. The summed E-state index contributed by atoms with van der Waals surface area (Å²) in [5.74, 6) is 0.837. The minimum Gasteiger partial charge on any atom is -0.327 e. The van der Waals surface area contributed by atoms with Crippen molar-refractivity contribution in [3.05, 3.63) is 11.3 Å². The second-order valence-corrected chi connectivity index (χ2v) is 6.09. The predicted molar refractivity (Wildman–Crippen MR) is 75.2 cm³/mol. The average Bonchev–Trinajstić information content (AvgIpc) is 2.77. The van der Waals surface area contributed by atoms with Gasteiger partial charge in [0, 0.05) is 5.70 Å². The van der Waals surface area contributed by atoms with Crippen LogP contribution in [0.4, 0.5) is 5.95 Å². The van der Waals surface area contributed by atoms with Crippen LogP contribution in [0.25, 0.3) is 0 Å². The minimum atomic E-state index is 0.100. The number of nitrogens with one attached hydrogen (secondary N) is 1. The van der Waals surface area contributed by atoms with Crippen LogP contribution in [0.3, 0.4) is 0 Å². The summed E-state index contributed by atoms with van der Waals surface area (Å²) < 4.78 is 1.95. The van der Waals surface area contributed by atoms with Crippen LogP contribution in [0.5, 0.6) is 0 Å². The molecule has 0 aromatic carbocycles. The number of fused-ring (bicyclic) bond motifs is 1. The number of hydrogen-bond acceptors (Lipinski definition) is 4. The van der Waals surface area contributed by atoms with Crippen molar-refractivity contribution in [2.75, 3.05) is 11.6 Å². The van der Waals surface area contributed by atoms with Crippen molar-refractivity contribution in [1.82, 2.24) is 14.8 Å². The van der Waals surface area contributed by atoms with Crippen molar-refractivity contribution >= 4 is 29.3 Å². The van der Waals surface area contributed by atoms with Gasteiger partial charge in [-0.2, -0.15) is 4.98 Å². The molecule has 98 valence electrons. The fourth-order valence-corrected chi connectivity index (χ4v) is 3.30. The van der Waals surface area contributed by atoms with E-state index >= 15 is 0 Å². The largest absolute Gasteiger partial charge is 0.327 e. The lowest BCUT2D eigenvalue weighted by molar-refractivity contribution is 0.560. The molecule has 18 heavy (non-hydrogen) atoms. The molecule has 1 unspecified atom stereocenters. The molecule has 0 saturated heterocycles. The molecule has 0 saturated carbocycles. The normalized spacial score (nSPS) is 23.8. The number of rotatable bonds is 1. The van der Waals surface area contributed by atoms with Crippen LogP contribution in [0.15, 0.2) is 16.4 Å². The summed E-state index contributed by atoms with van der Waals surface area (Å²) in [5.41, 5.74) is 2.59. The molecule has 0 spiro atoms. The van der Waals surface area contributed by atoms with Gasteiger partial charge in [0.15, 0.2) is 0 Å². The molecule has 1 aromatic rings. The second-order valence-electron chi connectivity index (χ2n) is 4.79. The van der Waals surface area contributed by atoms with E-state index in [9.17, 15) is 0 Å². The molecular formula is C12H17ClN4S. The molecule has 1 aliphatic carbocycles. The first-order valence-corrected chi connectivity index (χ1v) is 8.06. The Morgan fingerprint density at radius 2 is 2.28 bits per heavy atom. The summed E-state index contributed by atoms with van der Waals surface area (Å²) in [4.78, 5) is 4.46. The Bertz CT molecular complexity index is 482. The first kappa shape index (κ1) is 12.4.